The number of rotatable bonds is 3. The van der Waals surface area contributed by atoms with Gasteiger partial charge in [0.25, 0.3) is 0 Å². The van der Waals surface area contributed by atoms with Gasteiger partial charge in [-0.1, -0.05) is 121 Å². The van der Waals surface area contributed by atoms with Crippen LogP contribution in [0.15, 0.2) is 0 Å². The number of fused-ring (bicyclic) bond motifs is 2. The van der Waals surface area contributed by atoms with Crippen LogP contribution in [-0.2, 0) is 0 Å². The highest BCUT2D eigenvalue weighted by molar-refractivity contribution is 6.52. The van der Waals surface area contributed by atoms with Gasteiger partial charge in [0, 0.05) is 0 Å². The maximum Gasteiger partial charge on any atom is 0.135 e. The Morgan fingerprint density at radius 3 is 1.68 bits per heavy atom. The van der Waals surface area contributed by atoms with Crippen molar-refractivity contribution in [1.29, 1.82) is 0 Å². The summed E-state index contributed by atoms with van der Waals surface area (Å²) >= 11 is 0. The third-order valence-electron chi connectivity index (χ3n) is 7.48. The van der Waals surface area contributed by atoms with Crippen molar-refractivity contribution in [1.82, 2.24) is 0 Å². The van der Waals surface area contributed by atoms with Crippen molar-refractivity contribution in [2.45, 2.75) is 121 Å². The smallest absolute Gasteiger partial charge is 0.0671 e. The second kappa shape index (κ2) is 6.21. The SMILES string of the molecule is CC(C)C12BC(C(C)(C)BC(C)(C)C)(CCCC1)CCCC2. The summed E-state index contributed by atoms with van der Waals surface area (Å²) in [6.45, 7) is 17.6. The molecule has 0 atom stereocenters. The summed E-state index contributed by atoms with van der Waals surface area (Å²) in [5.41, 5.74) is 0. The van der Waals surface area contributed by atoms with Crippen molar-refractivity contribution < 1.29 is 0 Å². The van der Waals surface area contributed by atoms with Crippen LogP contribution in [-0.4, -0.2) is 14.6 Å². The Balaban J connectivity index is 2.39. The Hall–Kier alpha value is 0.130. The topological polar surface area (TPSA) is 0 Å². The molecule has 0 aromatic heterocycles. The third kappa shape index (κ3) is 3.62. The van der Waals surface area contributed by atoms with E-state index in [0.29, 0.717) is 21.3 Å². The second-order valence-electron chi connectivity index (χ2n) is 11.0. The normalized spacial score (nSPS) is 33.8. The summed E-state index contributed by atoms with van der Waals surface area (Å²) in [6.07, 6.45) is 11.9. The molecule has 2 fully saturated rings. The lowest BCUT2D eigenvalue weighted by atomic mass is 9.22. The van der Waals surface area contributed by atoms with Crippen LogP contribution in [0.25, 0.3) is 0 Å². The maximum atomic E-state index is 2.61. The number of hydrogen-bond acceptors (Lipinski definition) is 0. The molecule has 2 aliphatic rings. The average molecular weight is 302 g/mol. The summed E-state index contributed by atoms with van der Waals surface area (Å²) in [4.78, 5) is 0. The lowest BCUT2D eigenvalue weighted by Gasteiger charge is -2.52. The Kier molecular flexibility index (Phi) is 5.21. The third-order valence-corrected chi connectivity index (χ3v) is 7.48. The first kappa shape index (κ1) is 18.5. The van der Waals surface area contributed by atoms with E-state index in [1.807, 2.05) is 0 Å². The molecule has 0 aromatic rings. The monoisotopic (exact) mass is 302 g/mol. The Bertz CT molecular complexity index is 364. The van der Waals surface area contributed by atoms with E-state index in [9.17, 15) is 0 Å². The van der Waals surface area contributed by atoms with Crippen LogP contribution >= 0.6 is 0 Å². The predicted octanol–water partition coefficient (Wildman–Crippen LogP) is 6.40. The lowest BCUT2D eigenvalue weighted by molar-refractivity contribution is 0.334. The fraction of sp³-hybridized carbons (Fsp3) is 1.00. The second-order valence-corrected chi connectivity index (χ2v) is 11.0. The molecule has 0 saturated carbocycles. The zero-order valence-electron chi connectivity index (χ0n) is 16.6. The van der Waals surface area contributed by atoms with Crippen molar-refractivity contribution >= 4 is 14.6 Å². The van der Waals surface area contributed by atoms with Gasteiger partial charge in [-0.15, -0.1) is 0 Å². The van der Waals surface area contributed by atoms with Crippen LogP contribution in [0.2, 0.25) is 21.3 Å². The van der Waals surface area contributed by atoms with E-state index in [2.05, 4.69) is 48.5 Å². The molecule has 2 saturated heterocycles. The summed E-state index contributed by atoms with van der Waals surface area (Å²) in [5, 5.41) is 2.15. The Labute approximate surface area is 142 Å². The molecule has 0 spiro atoms. The van der Waals surface area contributed by atoms with Crippen molar-refractivity contribution in [3.8, 4) is 0 Å². The van der Waals surface area contributed by atoms with Gasteiger partial charge in [0.2, 0.25) is 0 Å². The lowest BCUT2D eigenvalue weighted by Crippen LogP contribution is -2.42. The first-order chi connectivity index (χ1) is 10.0. The molecule has 0 aliphatic carbocycles. The zero-order valence-corrected chi connectivity index (χ0v) is 16.6. The molecular formula is C20H40B2. The Morgan fingerprint density at radius 1 is 0.818 bits per heavy atom. The van der Waals surface area contributed by atoms with E-state index >= 15 is 0 Å². The fourth-order valence-corrected chi connectivity index (χ4v) is 6.37. The van der Waals surface area contributed by atoms with E-state index in [1.165, 1.54) is 65.9 Å². The van der Waals surface area contributed by atoms with Crippen LogP contribution in [0, 0.1) is 5.92 Å². The van der Waals surface area contributed by atoms with Gasteiger partial charge in [0.05, 0.1) is 0 Å². The molecule has 0 aromatic carbocycles. The highest BCUT2D eigenvalue weighted by Gasteiger charge is 2.53. The molecule has 0 unspecified atom stereocenters. The van der Waals surface area contributed by atoms with Crippen LogP contribution in [0.4, 0.5) is 0 Å². The van der Waals surface area contributed by atoms with Crippen molar-refractivity contribution in [2.75, 3.05) is 0 Å². The van der Waals surface area contributed by atoms with Crippen molar-refractivity contribution in [3.63, 3.8) is 0 Å². The highest BCUT2D eigenvalue weighted by Crippen LogP contribution is 2.67. The molecule has 0 amide bonds. The first-order valence-electron chi connectivity index (χ1n) is 10.0. The minimum absolute atomic E-state index is 0.442. The molecule has 2 heteroatoms. The molecule has 2 rings (SSSR count). The Morgan fingerprint density at radius 2 is 1.27 bits per heavy atom. The maximum absolute atomic E-state index is 2.61. The largest absolute Gasteiger partial charge is 0.135 e. The average Bonchev–Trinajstić information content (AvgIpc) is 2.66. The van der Waals surface area contributed by atoms with Crippen LogP contribution in [0.3, 0.4) is 0 Å². The zero-order chi connectivity index (χ0) is 16.6. The quantitative estimate of drug-likeness (QED) is 0.529. The molecule has 0 N–H and O–H groups in total. The van der Waals surface area contributed by atoms with E-state index in [0.717, 1.165) is 5.92 Å². The summed E-state index contributed by atoms with van der Waals surface area (Å²) < 4.78 is 0. The van der Waals surface area contributed by atoms with E-state index in [4.69, 9.17) is 0 Å². The van der Waals surface area contributed by atoms with Gasteiger partial charge in [-0.05, 0) is 5.92 Å². The first-order valence-corrected chi connectivity index (χ1v) is 10.0. The fourth-order valence-electron chi connectivity index (χ4n) is 6.37. The van der Waals surface area contributed by atoms with Crippen molar-refractivity contribution in [3.05, 3.63) is 0 Å². The van der Waals surface area contributed by atoms with Gasteiger partial charge in [-0.25, -0.2) is 0 Å². The molecule has 2 heterocycles. The van der Waals surface area contributed by atoms with Crippen LogP contribution in [0.5, 0.6) is 0 Å². The van der Waals surface area contributed by atoms with Gasteiger partial charge in [-0.2, -0.15) is 0 Å². The molecule has 2 aliphatic heterocycles. The van der Waals surface area contributed by atoms with Crippen LogP contribution < -0.4 is 0 Å². The van der Waals surface area contributed by atoms with Crippen molar-refractivity contribution in [2.24, 2.45) is 5.92 Å². The summed E-state index contributed by atoms with van der Waals surface area (Å²) in [5.74, 6) is 0.855. The minimum atomic E-state index is 0.442. The van der Waals surface area contributed by atoms with E-state index < -0.39 is 0 Å². The van der Waals surface area contributed by atoms with Gasteiger partial charge in [0.1, 0.15) is 14.6 Å². The molecule has 2 bridgehead atoms. The molecular weight excluding hydrogens is 262 g/mol. The van der Waals surface area contributed by atoms with E-state index in [-0.39, 0.29) is 0 Å². The predicted molar refractivity (Wildman–Crippen MR) is 105 cm³/mol. The molecule has 0 radical (unpaired) electrons. The number of hydrogen-bond donors (Lipinski definition) is 0. The summed E-state index contributed by atoms with van der Waals surface area (Å²) in [7, 11) is 2.88. The molecule has 126 valence electrons. The summed E-state index contributed by atoms with van der Waals surface area (Å²) in [6, 6.07) is 0. The van der Waals surface area contributed by atoms with Gasteiger partial charge in [0.15, 0.2) is 0 Å². The van der Waals surface area contributed by atoms with Gasteiger partial charge in [-0.3, -0.25) is 0 Å². The van der Waals surface area contributed by atoms with Gasteiger partial charge >= 0.3 is 0 Å². The molecule has 0 nitrogen and oxygen atoms in total. The van der Waals surface area contributed by atoms with E-state index in [1.54, 1.807) is 0 Å². The minimum Gasteiger partial charge on any atom is -0.0671 e. The molecule has 22 heavy (non-hydrogen) atoms. The standard InChI is InChI=1S/C20H40B2/c1-16(2)19-12-8-10-14-20(22-19,15-11-9-13-19)18(6,7)21-17(3,4)5/h16,21-22H,8-15H2,1-7H3. The van der Waals surface area contributed by atoms with Gasteiger partial charge < -0.3 is 0 Å². The highest BCUT2D eigenvalue weighted by atomic mass is 14.5. The van der Waals surface area contributed by atoms with Crippen LogP contribution in [0.1, 0.15) is 99.8 Å².